The van der Waals surface area contributed by atoms with Gasteiger partial charge in [-0.2, -0.15) is 0 Å². The molecule has 0 saturated heterocycles. The van der Waals surface area contributed by atoms with Crippen molar-refractivity contribution < 1.29 is 0 Å². The fourth-order valence-electron chi connectivity index (χ4n) is 2.22. The summed E-state index contributed by atoms with van der Waals surface area (Å²) in [4.78, 5) is 8.99. The summed E-state index contributed by atoms with van der Waals surface area (Å²) in [5.41, 5.74) is 4.64. The summed E-state index contributed by atoms with van der Waals surface area (Å²) in [6, 6.07) is 4.95. The van der Waals surface area contributed by atoms with Crippen molar-refractivity contribution in [3.05, 3.63) is 45.7 Å². The van der Waals surface area contributed by atoms with Gasteiger partial charge >= 0.3 is 0 Å². The third kappa shape index (κ3) is 3.07. The lowest BCUT2D eigenvalue weighted by molar-refractivity contribution is 0.683. The van der Waals surface area contributed by atoms with Crippen LogP contribution in [0.2, 0.25) is 0 Å². The first-order chi connectivity index (χ1) is 9.63. The molecule has 104 valence electrons. The highest BCUT2D eigenvalue weighted by atomic mass is 79.9. The summed E-state index contributed by atoms with van der Waals surface area (Å²) in [5, 5.41) is 3.47. The van der Waals surface area contributed by atoms with Gasteiger partial charge in [-0.3, -0.25) is 0 Å². The van der Waals surface area contributed by atoms with Crippen molar-refractivity contribution in [3.63, 3.8) is 0 Å². The van der Waals surface area contributed by atoms with E-state index in [0.717, 1.165) is 28.0 Å². The molecule has 0 unspecified atom stereocenters. The first-order valence-electron chi connectivity index (χ1n) is 6.95. The lowest BCUT2D eigenvalue weighted by Gasteiger charge is -2.08. The molecule has 2 aromatic rings. The van der Waals surface area contributed by atoms with Crippen molar-refractivity contribution in [2.75, 3.05) is 0 Å². The molecule has 1 heterocycles. The van der Waals surface area contributed by atoms with Crippen LogP contribution in [0, 0.1) is 13.8 Å². The molecule has 0 spiro atoms. The minimum absolute atomic E-state index is 0.714. The number of benzene rings is 1. The van der Waals surface area contributed by atoms with E-state index >= 15 is 0 Å². The smallest absolute Gasteiger partial charge is 0.159 e. The topological polar surface area (TPSA) is 37.8 Å². The number of nitrogens with zero attached hydrogens (tertiary/aromatic N) is 2. The summed E-state index contributed by atoms with van der Waals surface area (Å²) in [7, 11) is 0. The van der Waals surface area contributed by atoms with Gasteiger partial charge in [0.15, 0.2) is 5.82 Å². The molecule has 3 nitrogen and oxygen atoms in total. The Morgan fingerprint density at radius 2 is 1.75 bits per heavy atom. The van der Waals surface area contributed by atoms with Crippen LogP contribution in [0.4, 0.5) is 0 Å². The number of aryl methyl sites for hydroxylation is 2. The van der Waals surface area contributed by atoms with E-state index in [4.69, 9.17) is 0 Å². The maximum absolute atomic E-state index is 4.49. The highest BCUT2D eigenvalue weighted by Crippen LogP contribution is 2.26. The molecular formula is C16H18BrN3. The molecule has 4 heteroatoms. The second kappa shape index (κ2) is 5.62. The summed E-state index contributed by atoms with van der Waals surface area (Å²) < 4.78 is 1.16. The van der Waals surface area contributed by atoms with Crippen LogP contribution < -0.4 is 5.32 Å². The standard InChI is InChI=1S/C16H18BrN3/c1-10-5-13(6-11(2)15(10)17)16-19-8-12(9-20-16)7-18-14-3-4-14/h5-6,8-9,14,18H,3-4,7H2,1-2H3. The fourth-order valence-corrected chi connectivity index (χ4v) is 2.45. The molecule has 0 aliphatic heterocycles. The van der Waals surface area contributed by atoms with E-state index in [9.17, 15) is 0 Å². The second-order valence-corrected chi connectivity index (χ2v) is 6.29. The van der Waals surface area contributed by atoms with Crippen LogP contribution in [-0.2, 0) is 6.54 Å². The van der Waals surface area contributed by atoms with Crippen molar-refractivity contribution in [2.45, 2.75) is 39.3 Å². The number of nitrogens with one attached hydrogen (secondary N) is 1. The highest BCUT2D eigenvalue weighted by molar-refractivity contribution is 9.10. The summed E-state index contributed by atoms with van der Waals surface area (Å²) in [6.45, 7) is 5.05. The molecular weight excluding hydrogens is 314 g/mol. The Hall–Kier alpha value is -1.26. The lowest BCUT2D eigenvalue weighted by Crippen LogP contribution is -2.15. The van der Waals surface area contributed by atoms with Crippen molar-refractivity contribution in [2.24, 2.45) is 0 Å². The SMILES string of the molecule is Cc1cc(-c2ncc(CNC3CC3)cn2)cc(C)c1Br. The molecule has 20 heavy (non-hydrogen) atoms. The predicted molar refractivity (Wildman–Crippen MR) is 84.5 cm³/mol. The van der Waals surface area contributed by atoms with E-state index in [1.54, 1.807) is 0 Å². The Labute approximate surface area is 128 Å². The maximum Gasteiger partial charge on any atom is 0.159 e. The second-order valence-electron chi connectivity index (χ2n) is 5.49. The summed E-state index contributed by atoms with van der Waals surface area (Å²) in [5.74, 6) is 0.791. The van der Waals surface area contributed by atoms with Gasteiger partial charge in [-0.1, -0.05) is 15.9 Å². The molecule has 1 aliphatic rings. The van der Waals surface area contributed by atoms with Crippen LogP contribution >= 0.6 is 15.9 Å². The maximum atomic E-state index is 4.49. The molecule has 0 radical (unpaired) electrons. The van der Waals surface area contributed by atoms with Crippen LogP contribution in [0.1, 0.15) is 29.5 Å². The number of hydrogen-bond acceptors (Lipinski definition) is 3. The van der Waals surface area contributed by atoms with Crippen molar-refractivity contribution in [1.82, 2.24) is 15.3 Å². The van der Waals surface area contributed by atoms with E-state index < -0.39 is 0 Å². The van der Waals surface area contributed by atoms with Gasteiger partial charge in [0.2, 0.25) is 0 Å². The van der Waals surface area contributed by atoms with Crippen LogP contribution in [0.15, 0.2) is 29.0 Å². The lowest BCUT2D eigenvalue weighted by atomic mass is 10.1. The van der Waals surface area contributed by atoms with Gasteiger partial charge < -0.3 is 5.32 Å². The molecule has 1 fully saturated rings. The van der Waals surface area contributed by atoms with Crippen molar-refractivity contribution >= 4 is 15.9 Å². The minimum Gasteiger partial charge on any atom is -0.310 e. The Balaban J connectivity index is 1.79. The van der Waals surface area contributed by atoms with E-state index in [0.29, 0.717) is 6.04 Å². The minimum atomic E-state index is 0.714. The molecule has 0 atom stereocenters. The zero-order valence-electron chi connectivity index (χ0n) is 11.8. The van der Waals surface area contributed by atoms with Gasteiger partial charge in [0, 0.05) is 40.6 Å². The van der Waals surface area contributed by atoms with Crippen LogP contribution in [0.25, 0.3) is 11.4 Å². The molecule has 1 aromatic heterocycles. The quantitative estimate of drug-likeness (QED) is 0.926. The van der Waals surface area contributed by atoms with Gasteiger partial charge in [-0.25, -0.2) is 9.97 Å². The van der Waals surface area contributed by atoms with Crippen molar-refractivity contribution in [1.29, 1.82) is 0 Å². The number of aromatic nitrogens is 2. The Morgan fingerprint density at radius 3 is 2.30 bits per heavy atom. The van der Waals surface area contributed by atoms with Crippen molar-refractivity contribution in [3.8, 4) is 11.4 Å². The highest BCUT2D eigenvalue weighted by Gasteiger charge is 2.20. The first-order valence-corrected chi connectivity index (χ1v) is 7.74. The van der Waals surface area contributed by atoms with E-state index in [2.05, 4.69) is 57.2 Å². The molecule has 1 aromatic carbocycles. The average molecular weight is 332 g/mol. The van der Waals surface area contributed by atoms with Crippen LogP contribution in [-0.4, -0.2) is 16.0 Å². The van der Waals surface area contributed by atoms with Gasteiger partial charge in [0.05, 0.1) is 0 Å². The third-order valence-electron chi connectivity index (χ3n) is 3.57. The summed E-state index contributed by atoms with van der Waals surface area (Å²) in [6.07, 6.45) is 6.45. The zero-order chi connectivity index (χ0) is 14.1. The van der Waals surface area contributed by atoms with E-state index in [-0.39, 0.29) is 0 Å². The normalized spacial score (nSPS) is 14.6. The molecule has 3 rings (SSSR count). The Bertz CT molecular complexity index is 595. The third-order valence-corrected chi connectivity index (χ3v) is 4.82. The number of halogens is 1. The first kappa shape index (κ1) is 13.7. The van der Waals surface area contributed by atoms with Crippen LogP contribution in [0.3, 0.4) is 0 Å². The molecule has 1 saturated carbocycles. The van der Waals surface area contributed by atoms with Gasteiger partial charge in [-0.05, 0) is 49.9 Å². The fraction of sp³-hybridized carbons (Fsp3) is 0.375. The Morgan fingerprint density at radius 1 is 1.15 bits per heavy atom. The number of rotatable bonds is 4. The molecule has 1 N–H and O–H groups in total. The van der Waals surface area contributed by atoms with Gasteiger partial charge in [-0.15, -0.1) is 0 Å². The number of hydrogen-bond donors (Lipinski definition) is 1. The molecule has 1 aliphatic carbocycles. The van der Waals surface area contributed by atoms with E-state index in [1.165, 1.54) is 24.0 Å². The molecule has 0 bridgehead atoms. The van der Waals surface area contributed by atoms with Gasteiger partial charge in [0.1, 0.15) is 0 Å². The average Bonchev–Trinajstić information content (AvgIpc) is 3.27. The monoisotopic (exact) mass is 331 g/mol. The Kier molecular flexibility index (Phi) is 3.85. The molecule has 0 amide bonds. The largest absolute Gasteiger partial charge is 0.310 e. The predicted octanol–water partition coefficient (Wildman–Crippen LogP) is 3.77. The summed E-state index contributed by atoms with van der Waals surface area (Å²) >= 11 is 3.59. The van der Waals surface area contributed by atoms with Crippen LogP contribution in [0.5, 0.6) is 0 Å². The zero-order valence-corrected chi connectivity index (χ0v) is 13.4. The van der Waals surface area contributed by atoms with Gasteiger partial charge in [0.25, 0.3) is 0 Å². The van der Waals surface area contributed by atoms with E-state index in [1.807, 2.05) is 12.4 Å².